The van der Waals surface area contributed by atoms with E-state index in [1.165, 1.54) is 42.5 Å². The number of likely N-dealkylation sites (tertiary alicyclic amines) is 1. The Bertz CT molecular complexity index is 2080. The predicted octanol–water partition coefficient (Wildman–Crippen LogP) is 6.52. The van der Waals surface area contributed by atoms with E-state index in [2.05, 4.69) is 10.4 Å². The van der Waals surface area contributed by atoms with Gasteiger partial charge in [0.05, 0.1) is 40.9 Å². The monoisotopic (exact) mass is 762 g/mol. The molecule has 0 radical (unpaired) electrons. The molecule has 2 aromatic carbocycles. The summed E-state index contributed by atoms with van der Waals surface area (Å²) in [5.41, 5.74) is 0.294. The number of hydrazine groups is 1. The smallest absolute Gasteiger partial charge is 0.423 e. The molecular weight excluding hydrogens is 740 g/mol. The lowest BCUT2D eigenvalue weighted by atomic mass is 9.49. The minimum atomic E-state index is -4.78. The van der Waals surface area contributed by atoms with Crippen LogP contribution in [0, 0.1) is 23.7 Å². The van der Waals surface area contributed by atoms with Crippen molar-refractivity contribution in [1.82, 2.24) is 14.9 Å². The number of ether oxygens (including phenoxy) is 1. The Kier molecular flexibility index (Phi) is 8.35. The van der Waals surface area contributed by atoms with Crippen molar-refractivity contribution in [2.24, 2.45) is 23.7 Å². The van der Waals surface area contributed by atoms with Crippen molar-refractivity contribution in [2.45, 2.75) is 30.4 Å². The molecule has 17 heteroatoms. The Labute approximate surface area is 301 Å². The largest absolute Gasteiger partial charge is 0.508 e. The van der Waals surface area contributed by atoms with Gasteiger partial charge in [-0.3, -0.25) is 24.6 Å². The van der Waals surface area contributed by atoms with E-state index in [-0.39, 0.29) is 34.7 Å². The minimum Gasteiger partial charge on any atom is -0.508 e. The van der Waals surface area contributed by atoms with Gasteiger partial charge in [0.25, 0.3) is 11.8 Å². The molecule has 3 aromatic rings. The summed E-state index contributed by atoms with van der Waals surface area (Å²) in [6, 6.07) is 10.8. The summed E-state index contributed by atoms with van der Waals surface area (Å²) < 4.78 is 44.9. The fraction of sp³-hybridized carbons (Fsp3) is 0.294. The number of alkyl halides is 3. The van der Waals surface area contributed by atoms with Crippen LogP contribution in [-0.2, 0) is 35.5 Å². The molecule has 1 aromatic heterocycles. The maximum absolute atomic E-state index is 15.1. The number of phenols is 1. The van der Waals surface area contributed by atoms with Crippen molar-refractivity contribution >= 4 is 70.3 Å². The number of nitrogens with zero attached hydrogens (tertiary/aromatic N) is 3. The predicted molar refractivity (Wildman–Crippen MR) is 174 cm³/mol. The number of methoxy groups -OCH3 is 1. The molecule has 0 bridgehead atoms. The van der Waals surface area contributed by atoms with Gasteiger partial charge in [-0.05, 0) is 60.7 Å². The average Bonchev–Trinajstić information content (AvgIpc) is 3.47. The number of halogens is 6. The molecule has 51 heavy (non-hydrogen) atoms. The van der Waals surface area contributed by atoms with E-state index >= 15 is 4.79 Å². The lowest BCUT2D eigenvalue weighted by Gasteiger charge is -2.50. The number of hydrogen-bond acceptors (Lipinski definition) is 9. The Balaban J connectivity index is 1.45. The molecule has 11 nitrogen and oxygen atoms in total. The number of anilines is 1. The van der Waals surface area contributed by atoms with Crippen LogP contribution >= 0.6 is 34.8 Å². The molecule has 4 aliphatic rings. The molecule has 2 N–H and O–H groups in total. The van der Waals surface area contributed by atoms with E-state index in [0.717, 1.165) is 7.11 Å². The van der Waals surface area contributed by atoms with Gasteiger partial charge in [0, 0.05) is 27.7 Å². The summed E-state index contributed by atoms with van der Waals surface area (Å²) in [4.78, 5) is 73.7. The molecule has 2 saturated heterocycles. The first kappa shape index (κ1) is 34.8. The highest BCUT2D eigenvalue weighted by atomic mass is 35.5. The van der Waals surface area contributed by atoms with Gasteiger partial charge in [-0.25, -0.2) is 9.78 Å². The second kappa shape index (κ2) is 12.2. The second-order valence-electron chi connectivity index (χ2n) is 12.6. The number of allylic oxidation sites excluding steroid dienone is 2. The summed E-state index contributed by atoms with van der Waals surface area (Å²) >= 11 is 18.9. The zero-order valence-corrected chi connectivity index (χ0v) is 28.3. The number of imide groups is 4. The van der Waals surface area contributed by atoms with Crippen molar-refractivity contribution < 1.29 is 47.0 Å². The highest BCUT2D eigenvalue weighted by molar-refractivity contribution is 6.33. The second-order valence-corrected chi connectivity index (χ2v) is 13.9. The lowest BCUT2D eigenvalue weighted by Crippen LogP contribution is -2.53. The van der Waals surface area contributed by atoms with E-state index in [4.69, 9.17) is 39.5 Å². The molecule has 7 rings (SSSR count). The molecule has 1 saturated carbocycles. The zero-order valence-electron chi connectivity index (χ0n) is 26.1. The Morgan fingerprint density at radius 3 is 2.31 bits per heavy atom. The van der Waals surface area contributed by atoms with E-state index < -0.39 is 87.3 Å². The fourth-order valence-corrected chi connectivity index (χ4v) is 8.67. The SMILES string of the molecule is COC(=O)N1C(=O)C2CC=C3C(CC4C(=O)N(Nc5ncc(C(F)(F)F)cc5Cl)C(=O)C4(c4ccc(Cl)cc4)C3c3cc(Cl)ccc3O)C2C1=O. The summed E-state index contributed by atoms with van der Waals surface area (Å²) in [5.74, 6) is -9.66. The fourth-order valence-electron chi connectivity index (χ4n) is 8.16. The van der Waals surface area contributed by atoms with Crippen molar-refractivity contribution in [3.05, 3.63) is 98.1 Å². The van der Waals surface area contributed by atoms with Crippen LogP contribution in [0.5, 0.6) is 5.75 Å². The molecule has 6 atom stereocenters. The van der Waals surface area contributed by atoms with Crippen LogP contribution in [0.1, 0.15) is 35.4 Å². The van der Waals surface area contributed by atoms with Gasteiger partial charge in [-0.1, -0.05) is 58.6 Å². The van der Waals surface area contributed by atoms with Crippen LogP contribution in [0.3, 0.4) is 0 Å². The first-order valence-electron chi connectivity index (χ1n) is 15.4. The molecule has 264 valence electrons. The Morgan fingerprint density at radius 2 is 1.67 bits per heavy atom. The molecule has 3 fully saturated rings. The lowest BCUT2D eigenvalue weighted by molar-refractivity contribution is -0.140. The standard InChI is InChI=1S/C34H24Cl3F3N4O7/c1-51-32(50)43-28(46)19-8-7-18-20(25(19)30(43)48)12-22-29(47)44(42-27-23(37)10-15(13-41-27)34(38,39)40)31(49)33(22,14-2-4-16(35)5-3-14)26(18)21-11-17(36)6-9-24(21)45/h2-7,9-11,13,19-20,22,25-26,45H,8,12H2,1H3,(H,41,42). The van der Waals surface area contributed by atoms with E-state index in [1.54, 1.807) is 6.08 Å². The highest BCUT2D eigenvalue weighted by Crippen LogP contribution is 2.65. The molecule has 0 spiro atoms. The first-order chi connectivity index (χ1) is 24.1. The number of amides is 5. The highest BCUT2D eigenvalue weighted by Gasteiger charge is 2.71. The number of fused-ring (bicyclic) bond motifs is 4. The molecule has 2 aliphatic heterocycles. The molecule has 5 amide bonds. The Morgan fingerprint density at radius 1 is 0.980 bits per heavy atom. The van der Waals surface area contributed by atoms with Gasteiger partial charge in [0.15, 0.2) is 5.82 Å². The topological polar surface area (TPSA) is 146 Å². The Hall–Kier alpha value is -4.66. The quantitative estimate of drug-likeness (QED) is 0.224. The van der Waals surface area contributed by atoms with Gasteiger partial charge in [0.2, 0.25) is 11.8 Å². The van der Waals surface area contributed by atoms with Gasteiger partial charge >= 0.3 is 12.3 Å². The average molecular weight is 764 g/mol. The van der Waals surface area contributed by atoms with Crippen LogP contribution in [0.25, 0.3) is 0 Å². The number of phenolic OH excluding ortho intramolecular Hbond substituents is 1. The van der Waals surface area contributed by atoms with Gasteiger partial charge < -0.3 is 9.84 Å². The van der Waals surface area contributed by atoms with Crippen molar-refractivity contribution in [1.29, 1.82) is 0 Å². The molecule has 3 heterocycles. The van der Waals surface area contributed by atoms with Gasteiger partial charge in [-0.2, -0.15) is 23.1 Å². The van der Waals surface area contributed by atoms with Crippen molar-refractivity contribution in [3.8, 4) is 5.75 Å². The van der Waals surface area contributed by atoms with Crippen LogP contribution < -0.4 is 5.43 Å². The third-order valence-electron chi connectivity index (χ3n) is 10.2. The number of rotatable bonds is 4. The summed E-state index contributed by atoms with van der Waals surface area (Å²) in [7, 11) is 1.02. The maximum Gasteiger partial charge on any atom is 0.423 e. The number of aromatic nitrogens is 1. The first-order valence-corrected chi connectivity index (χ1v) is 16.5. The number of hydrogen-bond donors (Lipinski definition) is 2. The number of carbonyl (C=O) groups is 5. The number of aromatic hydroxyl groups is 1. The molecule has 6 unspecified atom stereocenters. The van der Waals surface area contributed by atoms with E-state index in [9.17, 15) is 37.5 Å². The van der Waals surface area contributed by atoms with E-state index in [1.807, 2.05) is 0 Å². The van der Waals surface area contributed by atoms with Crippen molar-refractivity contribution in [3.63, 3.8) is 0 Å². The zero-order chi connectivity index (χ0) is 36.7. The van der Waals surface area contributed by atoms with Gasteiger partial charge in [-0.15, -0.1) is 0 Å². The minimum absolute atomic E-state index is 0.0249. The van der Waals surface area contributed by atoms with Crippen molar-refractivity contribution in [2.75, 3.05) is 12.5 Å². The number of pyridine rings is 1. The van der Waals surface area contributed by atoms with Gasteiger partial charge in [0.1, 0.15) is 5.75 Å². The van der Waals surface area contributed by atoms with Crippen LogP contribution in [0.2, 0.25) is 15.1 Å². The number of benzene rings is 2. The third-order valence-corrected chi connectivity index (χ3v) is 11.0. The van der Waals surface area contributed by atoms with Crippen LogP contribution in [0.4, 0.5) is 23.8 Å². The summed E-state index contributed by atoms with van der Waals surface area (Å²) in [5, 5.41) is 11.9. The normalized spacial score (nSPS) is 27.2. The molecule has 2 aliphatic carbocycles. The number of nitrogens with one attached hydrogen (secondary N) is 1. The third kappa shape index (κ3) is 5.17. The number of carbonyl (C=O) groups excluding carboxylic acids is 5. The maximum atomic E-state index is 15.1. The van der Waals surface area contributed by atoms with Crippen LogP contribution in [0.15, 0.2) is 66.4 Å². The summed E-state index contributed by atoms with van der Waals surface area (Å²) in [6.07, 6.45) is -4.00. The summed E-state index contributed by atoms with van der Waals surface area (Å²) in [6.45, 7) is 0. The molecular formula is C34H24Cl3F3N4O7. The van der Waals surface area contributed by atoms with E-state index in [0.29, 0.717) is 32.8 Å². The van der Waals surface area contributed by atoms with Crippen LogP contribution in [-0.4, -0.2) is 56.8 Å².